The molecule has 0 saturated carbocycles. The zero-order valence-corrected chi connectivity index (χ0v) is 18.3. The van der Waals surface area contributed by atoms with E-state index in [0.717, 1.165) is 16.9 Å². The van der Waals surface area contributed by atoms with E-state index < -0.39 is 33.7 Å². The van der Waals surface area contributed by atoms with E-state index in [1.807, 2.05) is 0 Å². The van der Waals surface area contributed by atoms with Gasteiger partial charge < -0.3 is 14.7 Å². The first-order valence-electron chi connectivity index (χ1n) is 10.0. The number of fused-ring (bicyclic) bond motifs is 1. The van der Waals surface area contributed by atoms with Crippen molar-refractivity contribution in [2.24, 2.45) is 0 Å². The van der Waals surface area contributed by atoms with E-state index in [4.69, 9.17) is 9.84 Å². The lowest BCUT2D eigenvalue weighted by Gasteiger charge is -2.37. The van der Waals surface area contributed by atoms with Gasteiger partial charge >= 0.3 is 12.6 Å². The molecule has 1 saturated heterocycles. The fourth-order valence-electron chi connectivity index (χ4n) is 3.67. The molecule has 1 unspecified atom stereocenters. The lowest BCUT2D eigenvalue weighted by molar-refractivity contribution is -0.136. The minimum atomic E-state index is -4.41. The summed E-state index contributed by atoms with van der Waals surface area (Å²) >= 11 is 0. The summed E-state index contributed by atoms with van der Waals surface area (Å²) in [7, 11) is -4.41. The minimum absolute atomic E-state index is 0.0121. The number of hydrogen-bond donors (Lipinski definition) is 2. The molecule has 1 atom stereocenters. The molecule has 4 rings (SSSR count). The van der Waals surface area contributed by atoms with Crippen LogP contribution in [-0.4, -0.2) is 65.9 Å². The van der Waals surface area contributed by atoms with Gasteiger partial charge in [0.25, 0.3) is 10.0 Å². The molecule has 2 N–H and O–H groups in total. The van der Waals surface area contributed by atoms with Crippen molar-refractivity contribution in [3.8, 4) is 5.75 Å². The smallest absolute Gasteiger partial charge is 0.409 e. The minimum Gasteiger partial charge on any atom is -0.486 e. The lowest BCUT2D eigenvalue weighted by Crippen LogP contribution is -2.48. The van der Waals surface area contributed by atoms with Crippen molar-refractivity contribution in [2.45, 2.75) is 37.3 Å². The predicted octanol–water partition coefficient (Wildman–Crippen LogP) is 2.26. The molecule has 1 fully saturated rings. The summed E-state index contributed by atoms with van der Waals surface area (Å²) in [6.07, 6.45) is -0.620. The number of nitrogens with one attached hydrogen (secondary N) is 1. The number of carbonyl (C=O) groups is 2. The highest BCUT2D eigenvalue weighted by Crippen LogP contribution is 2.40. The first-order valence-corrected chi connectivity index (χ1v) is 11.5. The Hall–Kier alpha value is -3.42. The number of aryl methyl sites for hydroxylation is 1. The SMILES string of the molecule is Cc1nn(C(F)F)cc1S(=O)(=O)N1CC(CC(=O)N2CCC2)Oc2ccc(NC(=O)O)cc21. The first-order chi connectivity index (χ1) is 15.6. The van der Waals surface area contributed by atoms with Crippen LogP contribution in [0.1, 0.15) is 25.1 Å². The second-order valence-electron chi connectivity index (χ2n) is 7.66. The van der Waals surface area contributed by atoms with Crippen molar-refractivity contribution in [1.29, 1.82) is 0 Å². The van der Waals surface area contributed by atoms with Crippen LogP contribution in [0.3, 0.4) is 0 Å². The summed E-state index contributed by atoms with van der Waals surface area (Å²) in [5, 5.41) is 14.7. The molecule has 14 heteroatoms. The lowest BCUT2D eigenvalue weighted by atomic mass is 10.1. The predicted molar refractivity (Wildman–Crippen MR) is 111 cm³/mol. The number of likely N-dealkylation sites (tertiary alicyclic amines) is 1. The monoisotopic (exact) mass is 485 g/mol. The molecular formula is C19H21F2N5O6S. The zero-order chi connectivity index (χ0) is 23.9. The third kappa shape index (κ3) is 4.42. The molecule has 33 heavy (non-hydrogen) atoms. The molecule has 2 aliphatic rings. The Labute approximate surface area is 187 Å². The van der Waals surface area contributed by atoms with Gasteiger partial charge in [0.2, 0.25) is 5.91 Å². The van der Waals surface area contributed by atoms with E-state index in [0.29, 0.717) is 13.1 Å². The second kappa shape index (κ2) is 8.50. The van der Waals surface area contributed by atoms with Crippen LogP contribution in [0.2, 0.25) is 0 Å². The number of alkyl halides is 2. The largest absolute Gasteiger partial charge is 0.486 e. The van der Waals surface area contributed by atoms with Gasteiger partial charge in [-0.25, -0.2) is 17.9 Å². The molecule has 178 valence electrons. The van der Waals surface area contributed by atoms with Gasteiger partial charge in [-0.1, -0.05) is 0 Å². The van der Waals surface area contributed by atoms with Gasteiger partial charge in [0, 0.05) is 18.8 Å². The van der Waals surface area contributed by atoms with Crippen LogP contribution in [0.15, 0.2) is 29.3 Å². The molecule has 0 spiro atoms. The Morgan fingerprint density at radius 3 is 2.64 bits per heavy atom. The maximum absolute atomic E-state index is 13.5. The van der Waals surface area contributed by atoms with Gasteiger partial charge in [-0.15, -0.1) is 0 Å². The van der Waals surface area contributed by atoms with E-state index >= 15 is 0 Å². The number of aromatic nitrogens is 2. The number of carbonyl (C=O) groups excluding carboxylic acids is 1. The van der Waals surface area contributed by atoms with Crippen LogP contribution in [0.5, 0.6) is 5.75 Å². The van der Waals surface area contributed by atoms with E-state index in [1.165, 1.54) is 25.1 Å². The molecule has 2 aliphatic heterocycles. The molecule has 0 radical (unpaired) electrons. The molecule has 11 nitrogen and oxygen atoms in total. The maximum atomic E-state index is 13.5. The van der Waals surface area contributed by atoms with Crippen molar-refractivity contribution in [1.82, 2.24) is 14.7 Å². The van der Waals surface area contributed by atoms with E-state index in [-0.39, 0.29) is 46.4 Å². The van der Waals surface area contributed by atoms with Crippen LogP contribution in [-0.2, 0) is 14.8 Å². The van der Waals surface area contributed by atoms with E-state index in [1.54, 1.807) is 4.90 Å². The van der Waals surface area contributed by atoms with Gasteiger partial charge in [-0.05, 0) is 31.5 Å². The molecule has 1 aromatic carbocycles. The summed E-state index contributed by atoms with van der Waals surface area (Å²) in [4.78, 5) is 24.7. The Morgan fingerprint density at radius 1 is 1.33 bits per heavy atom. The van der Waals surface area contributed by atoms with Gasteiger partial charge in [0.15, 0.2) is 0 Å². The Balaban J connectivity index is 1.73. The molecule has 2 amide bonds. The molecule has 3 heterocycles. The van der Waals surface area contributed by atoms with Crippen molar-refractivity contribution >= 4 is 33.4 Å². The Bertz CT molecular complexity index is 1200. The summed E-state index contributed by atoms with van der Waals surface area (Å²) in [6.45, 7) is -0.760. The number of amides is 2. The highest BCUT2D eigenvalue weighted by atomic mass is 32.2. The van der Waals surface area contributed by atoms with Crippen LogP contribution >= 0.6 is 0 Å². The number of hydrogen-bond acceptors (Lipinski definition) is 6. The quantitative estimate of drug-likeness (QED) is 0.641. The molecule has 2 aromatic rings. The topological polar surface area (TPSA) is 134 Å². The number of benzene rings is 1. The van der Waals surface area contributed by atoms with Crippen molar-refractivity contribution in [2.75, 3.05) is 29.3 Å². The van der Waals surface area contributed by atoms with Crippen molar-refractivity contribution in [3.63, 3.8) is 0 Å². The number of carboxylic acid groups (broad SMARTS) is 1. The number of sulfonamides is 1. The highest BCUT2D eigenvalue weighted by Gasteiger charge is 2.38. The second-order valence-corrected chi connectivity index (χ2v) is 9.49. The third-order valence-electron chi connectivity index (χ3n) is 5.39. The standard InChI is InChI=1S/C19H21F2N5O6S/c1-11-16(10-25(23-11)18(20)21)33(30,31)26-9-13(8-17(27)24-5-2-6-24)32-15-4-3-12(7-14(15)26)22-19(28)29/h3-4,7,10,13,18,22H,2,5-6,8-9H2,1H3,(H,28,29). The fraction of sp³-hybridized carbons (Fsp3) is 0.421. The highest BCUT2D eigenvalue weighted by molar-refractivity contribution is 7.92. The number of nitrogens with zero attached hydrogens (tertiary/aromatic N) is 4. The normalized spacial score (nSPS) is 17.9. The molecule has 1 aromatic heterocycles. The summed E-state index contributed by atoms with van der Waals surface area (Å²) in [6, 6.07) is 4.04. The third-order valence-corrected chi connectivity index (χ3v) is 7.28. The summed E-state index contributed by atoms with van der Waals surface area (Å²) in [5.41, 5.74) is -0.0328. The zero-order valence-electron chi connectivity index (χ0n) is 17.4. The van der Waals surface area contributed by atoms with E-state index in [9.17, 15) is 26.8 Å². The number of ether oxygens (including phenoxy) is 1. The van der Waals surface area contributed by atoms with Gasteiger partial charge in [-0.2, -0.15) is 13.9 Å². The number of anilines is 2. The Morgan fingerprint density at radius 2 is 2.06 bits per heavy atom. The average molecular weight is 485 g/mol. The van der Waals surface area contributed by atoms with Gasteiger partial charge in [0.05, 0.1) is 30.5 Å². The van der Waals surface area contributed by atoms with Crippen LogP contribution in [0.25, 0.3) is 0 Å². The maximum Gasteiger partial charge on any atom is 0.409 e. The van der Waals surface area contributed by atoms with E-state index in [2.05, 4.69) is 10.4 Å². The van der Waals surface area contributed by atoms with Crippen LogP contribution in [0.4, 0.5) is 25.0 Å². The number of halogens is 2. The molecule has 0 aliphatic carbocycles. The first kappa shape index (κ1) is 22.8. The molecular weight excluding hydrogens is 464 g/mol. The average Bonchev–Trinajstić information content (AvgIpc) is 3.08. The van der Waals surface area contributed by atoms with Crippen molar-refractivity contribution in [3.05, 3.63) is 30.1 Å². The van der Waals surface area contributed by atoms with Gasteiger partial charge in [0.1, 0.15) is 16.7 Å². The van der Waals surface area contributed by atoms with Crippen molar-refractivity contribution < 1.29 is 36.6 Å². The fourth-order valence-corrected chi connectivity index (χ4v) is 5.33. The van der Waals surface area contributed by atoms with Gasteiger partial charge in [-0.3, -0.25) is 14.4 Å². The van der Waals surface area contributed by atoms with Crippen LogP contribution < -0.4 is 14.4 Å². The summed E-state index contributed by atoms with van der Waals surface area (Å²) < 4.78 is 60.2. The van der Waals surface area contributed by atoms with Crippen LogP contribution in [0, 0.1) is 6.92 Å². The number of rotatable bonds is 6. The molecule has 0 bridgehead atoms. The summed E-state index contributed by atoms with van der Waals surface area (Å²) in [5.74, 6) is -0.0704. The Kier molecular flexibility index (Phi) is 5.86.